The number of ether oxygens (including phenoxy) is 1. The lowest BCUT2D eigenvalue weighted by molar-refractivity contribution is 0.122. The lowest BCUT2D eigenvalue weighted by Crippen LogP contribution is -2.50. The maximum Gasteiger partial charge on any atom is 0.317 e. The number of rotatable bonds is 4. The summed E-state index contributed by atoms with van der Waals surface area (Å²) in [6.45, 7) is 11.2. The largest absolute Gasteiger partial charge is 0.378 e. The molecule has 0 radical (unpaired) electrons. The highest BCUT2D eigenvalue weighted by atomic mass is 16.5. The van der Waals surface area contributed by atoms with Gasteiger partial charge in [-0.15, -0.1) is 0 Å². The Morgan fingerprint density at radius 2 is 1.88 bits per heavy atom. The number of nitrogens with one attached hydrogen (secondary N) is 1. The number of aromatic nitrogens is 4. The SMILES string of the molecule is CC(C)NC(=O)N1CC[C@@](C)(N2CCc3c(-c4cnc(N)nc4)nc(N4CCOCC4)nc32)C1. The average molecular weight is 468 g/mol. The number of nitrogens with two attached hydrogens (primary N) is 1. The third-order valence-electron chi connectivity index (χ3n) is 6.86. The van der Waals surface area contributed by atoms with Crippen molar-refractivity contribution in [3.05, 3.63) is 18.0 Å². The van der Waals surface area contributed by atoms with Gasteiger partial charge in [-0.05, 0) is 33.6 Å². The Labute approximate surface area is 199 Å². The third-order valence-corrected chi connectivity index (χ3v) is 6.86. The summed E-state index contributed by atoms with van der Waals surface area (Å²) in [5.74, 6) is 1.87. The second kappa shape index (κ2) is 8.86. The number of fused-ring (bicyclic) bond motifs is 1. The molecule has 11 heteroatoms. The number of nitrogens with zero attached hydrogens (tertiary/aromatic N) is 7. The van der Waals surface area contributed by atoms with Crippen molar-refractivity contribution in [1.29, 1.82) is 0 Å². The van der Waals surface area contributed by atoms with Gasteiger partial charge in [-0.25, -0.2) is 19.7 Å². The van der Waals surface area contributed by atoms with Crippen LogP contribution in [0.3, 0.4) is 0 Å². The van der Waals surface area contributed by atoms with Gasteiger partial charge in [0.15, 0.2) is 0 Å². The minimum absolute atomic E-state index is 0.00505. The smallest absolute Gasteiger partial charge is 0.317 e. The molecule has 5 rings (SSSR count). The number of likely N-dealkylation sites (tertiary alicyclic amines) is 1. The Morgan fingerprint density at radius 3 is 2.59 bits per heavy atom. The van der Waals surface area contributed by atoms with Crippen LogP contribution in [0.4, 0.5) is 22.5 Å². The molecule has 2 aromatic rings. The molecule has 182 valence electrons. The number of urea groups is 1. The zero-order valence-corrected chi connectivity index (χ0v) is 20.1. The fourth-order valence-electron chi connectivity index (χ4n) is 5.05. The molecule has 2 aromatic heterocycles. The molecular weight excluding hydrogens is 434 g/mol. The molecule has 0 bridgehead atoms. The molecule has 0 saturated carbocycles. The van der Waals surface area contributed by atoms with E-state index in [4.69, 9.17) is 20.4 Å². The molecular formula is C23H33N9O2. The third kappa shape index (κ3) is 4.20. The number of anilines is 3. The lowest BCUT2D eigenvalue weighted by atomic mass is 9.99. The van der Waals surface area contributed by atoms with E-state index in [9.17, 15) is 4.79 Å². The second-order valence-corrected chi connectivity index (χ2v) is 9.78. The molecule has 34 heavy (non-hydrogen) atoms. The molecule has 5 heterocycles. The molecule has 3 N–H and O–H groups in total. The van der Waals surface area contributed by atoms with Gasteiger partial charge in [0.05, 0.1) is 24.4 Å². The van der Waals surface area contributed by atoms with Crippen LogP contribution >= 0.6 is 0 Å². The summed E-state index contributed by atoms with van der Waals surface area (Å²) in [5.41, 5.74) is 8.31. The summed E-state index contributed by atoms with van der Waals surface area (Å²) in [4.78, 5) is 37.5. The van der Waals surface area contributed by atoms with E-state index in [2.05, 4.69) is 32.0 Å². The van der Waals surface area contributed by atoms with E-state index in [1.807, 2.05) is 18.7 Å². The maximum absolute atomic E-state index is 12.7. The molecule has 2 fully saturated rings. The minimum Gasteiger partial charge on any atom is -0.378 e. The normalized spacial score (nSPS) is 22.4. The summed E-state index contributed by atoms with van der Waals surface area (Å²) in [6, 6.07) is 0.106. The van der Waals surface area contributed by atoms with Crippen molar-refractivity contribution in [2.24, 2.45) is 0 Å². The van der Waals surface area contributed by atoms with Gasteiger partial charge in [-0.1, -0.05) is 0 Å². The van der Waals surface area contributed by atoms with Crippen molar-refractivity contribution in [2.45, 2.75) is 45.2 Å². The van der Waals surface area contributed by atoms with Gasteiger partial charge in [-0.2, -0.15) is 4.98 Å². The zero-order valence-electron chi connectivity index (χ0n) is 20.1. The fraction of sp³-hybridized carbons (Fsp3) is 0.609. The lowest BCUT2D eigenvalue weighted by Gasteiger charge is -2.37. The molecule has 0 aromatic carbocycles. The van der Waals surface area contributed by atoms with E-state index in [0.717, 1.165) is 61.7 Å². The van der Waals surface area contributed by atoms with Gasteiger partial charge in [0.1, 0.15) is 5.82 Å². The summed E-state index contributed by atoms with van der Waals surface area (Å²) in [7, 11) is 0. The highest BCUT2D eigenvalue weighted by molar-refractivity contribution is 5.76. The molecule has 11 nitrogen and oxygen atoms in total. The Morgan fingerprint density at radius 1 is 1.15 bits per heavy atom. The standard InChI is InChI=1S/C23H33N9O2/c1-15(2)27-22(33)31-7-5-23(3,14-31)32-6-4-17-18(16-12-25-20(24)26-13-16)28-21(29-19(17)32)30-8-10-34-11-9-30/h12-13,15H,4-11,14H2,1-3H3,(H,27,33)(H2,24,25,26)/t23-/m1/s1. The van der Waals surface area contributed by atoms with E-state index in [1.54, 1.807) is 12.4 Å². The van der Waals surface area contributed by atoms with Crippen molar-refractivity contribution in [2.75, 3.05) is 61.5 Å². The maximum atomic E-state index is 12.7. The van der Waals surface area contributed by atoms with Crippen LogP contribution in [-0.2, 0) is 11.2 Å². The average Bonchev–Trinajstić information content (AvgIpc) is 3.44. The van der Waals surface area contributed by atoms with Gasteiger partial charge in [0.2, 0.25) is 11.9 Å². The molecule has 1 atom stereocenters. The Kier molecular flexibility index (Phi) is 5.88. The summed E-state index contributed by atoms with van der Waals surface area (Å²) in [5, 5.41) is 3.02. The van der Waals surface area contributed by atoms with Crippen LogP contribution in [0.15, 0.2) is 12.4 Å². The topological polar surface area (TPSA) is 126 Å². The molecule has 0 spiro atoms. The second-order valence-electron chi connectivity index (χ2n) is 9.78. The van der Waals surface area contributed by atoms with E-state index >= 15 is 0 Å². The van der Waals surface area contributed by atoms with Crippen molar-refractivity contribution in [1.82, 2.24) is 30.2 Å². The molecule has 0 aliphatic carbocycles. The van der Waals surface area contributed by atoms with Gasteiger partial charge in [0, 0.05) is 62.3 Å². The van der Waals surface area contributed by atoms with Gasteiger partial charge < -0.3 is 30.5 Å². The molecule has 3 aliphatic rings. The number of carbonyl (C=O) groups is 1. The van der Waals surface area contributed by atoms with E-state index in [-0.39, 0.29) is 23.6 Å². The number of morpholine rings is 1. The first-order valence-corrected chi connectivity index (χ1v) is 12.0. The first kappa shape index (κ1) is 22.6. The number of carbonyl (C=O) groups excluding carboxylic acids is 1. The molecule has 0 unspecified atom stereocenters. The van der Waals surface area contributed by atoms with Gasteiger partial charge >= 0.3 is 6.03 Å². The van der Waals surface area contributed by atoms with Gasteiger partial charge in [-0.3, -0.25) is 0 Å². The Balaban J connectivity index is 1.51. The first-order valence-electron chi connectivity index (χ1n) is 12.0. The summed E-state index contributed by atoms with van der Waals surface area (Å²) < 4.78 is 5.54. The number of nitrogen functional groups attached to an aromatic ring is 1. The minimum atomic E-state index is -0.203. The van der Waals surface area contributed by atoms with E-state index < -0.39 is 0 Å². The van der Waals surface area contributed by atoms with E-state index in [0.29, 0.717) is 25.7 Å². The number of hydrogen-bond donors (Lipinski definition) is 2. The predicted molar refractivity (Wildman–Crippen MR) is 130 cm³/mol. The Bertz CT molecular complexity index is 1060. The van der Waals surface area contributed by atoms with Crippen LogP contribution in [0.5, 0.6) is 0 Å². The molecule has 2 saturated heterocycles. The van der Waals surface area contributed by atoms with Crippen LogP contribution in [0.25, 0.3) is 11.3 Å². The summed E-state index contributed by atoms with van der Waals surface area (Å²) in [6.07, 6.45) is 5.17. The van der Waals surface area contributed by atoms with Crippen molar-refractivity contribution in [3.8, 4) is 11.3 Å². The van der Waals surface area contributed by atoms with Crippen molar-refractivity contribution >= 4 is 23.7 Å². The zero-order chi connectivity index (χ0) is 23.9. The monoisotopic (exact) mass is 467 g/mol. The number of hydrogen-bond acceptors (Lipinski definition) is 9. The van der Waals surface area contributed by atoms with Crippen molar-refractivity contribution < 1.29 is 9.53 Å². The van der Waals surface area contributed by atoms with Crippen molar-refractivity contribution in [3.63, 3.8) is 0 Å². The number of amides is 2. The van der Waals surface area contributed by atoms with Gasteiger partial charge in [0.25, 0.3) is 0 Å². The first-order chi connectivity index (χ1) is 16.3. The summed E-state index contributed by atoms with van der Waals surface area (Å²) >= 11 is 0. The van der Waals surface area contributed by atoms with Crippen LogP contribution in [0.2, 0.25) is 0 Å². The van der Waals surface area contributed by atoms with Crippen LogP contribution in [0.1, 0.15) is 32.8 Å². The fourth-order valence-corrected chi connectivity index (χ4v) is 5.05. The highest BCUT2D eigenvalue weighted by Crippen LogP contribution is 2.41. The van der Waals surface area contributed by atoms with E-state index in [1.165, 1.54) is 0 Å². The Hall–Kier alpha value is -3.21. The molecule has 3 aliphatic heterocycles. The molecule has 2 amide bonds. The predicted octanol–water partition coefficient (Wildman–Crippen LogP) is 1.30. The van der Waals surface area contributed by atoms with Crippen LogP contribution in [-0.4, -0.2) is 88.4 Å². The van der Waals surface area contributed by atoms with Crippen LogP contribution in [0, 0.1) is 0 Å². The highest BCUT2D eigenvalue weighted by Gasteiger charge is 2.44. The quantitative estimate of drug-likeness (QED) is 0.684. The van der Waals surface area contributed by atoms with Crippen LogP contribution < -0.4 is 20.9 Å².